The Kier molecular flexibility index (Phi) is 5.00. The first-order chi connectivity index (χ1) is 7.58. The molecule has 1 aromatic rings. The predicted molar refractivity (Wildman–Crippen MR) is 70.7 cm³/mol. The van der Waals surface area contributed by atoms with E-state index in [1.807, 2.05) is 25.1 Å². The van der Waals surface area contributed by atoms with Gasteiger partial charge in [0, 0.05) is 10.5 Å². The van der Waals surface area contributed by atoms with Gasteiger partial charge in [0.1, 0.15) is 0 Å². The van der Waals surface area contributed by atoms with Crippen LogP contribution in [0.2, 0.25) is 0 Å². The lowest BCUT2D eigenvalue weighted by Crippen LogP contribution is -2.33. The van der Waals surface area contributed by atoms with Crippen LogP contribution in [0.4, 0.5) is 0 Å². The molecule has 0 saturated heterocycles. The highest BCUT2D eigenvalue weighted by molar-refractivity contribution is 9.10. The highest BCUT2D eigenvalue weighted by atomic mass is 79.9. The van der Waals surface area contributed by atoms with Crippen LogP contribution < -0.4 is 5.32 Å². The number of hydrogen-bond donors (Lipinski definition) is 1. The SMILES string of the molecule is CCC(CC)NC(=O)c1ccc(C)cc1Br. The molecule has 0 aliphatic heterocycles. The first-order valence-corrected chi connectivity index (χ1v) is 6.44. The van der Waals surface area contributed by atoms with E-state index in [-0.39, 0.29) is 11.9 Å². The van der Waals surface area contributed by atoms with Gasteiger partial charge in [0.2, 0.25) is 0 Å². The summed E-state index contributed by atoms with van der Waals surface area (Å²) in [5.41, 5.74) is 1.85. The second-order valence-corrected chi connectivity index (χ2v) is 4.82. The van der Waals surface area contributed by atoms with Gasteiger partial charge in [0.05, 0.1) is 5.56 Å². The summed E-state index contributed by atoms with van der Waals surface area (Å²) in [6.07, 6.45) is 1.93. The van der Waals surface area contributed by atoms with E-state index in [1.54, 1.807) is 0 Å². The number of amides is 1. The van der Waals surface area contributed by atoms with Crippen LogP contribution in [0, 0.1) is 6.92 Å². The molecule has 16 heavy (non-hydrogen) atoms. The zero-order chi connectivity index (χ0) is 12.1. The lowest BCUT2D eigenvalue weighted by Gasteiger charge is -2.15. The molecule has 0 heterocycles. The Morgan fingerprint density at radius 1 is 1.38 bits per heavy atom. The first-order valence-electron chi connectivity index (χ1n) is 5.65. The molecule has 1 rings (SSSR count). The summed E-state index contributed by atoms with van der Waals surface area (Å²) in [5, 5.41) is 3.02. The molecule has 1 aromatic carbocycles. The zero-order valence-corrected chi connectivity index (χ0v) is 11.6. The number of carbonyl (C=O) groups excluding carboxylic acids is 1. The second kappa shape index (κ2) is 6.04. The van der Waals surface area contributed by atoms with E-state index in [9.17, 15) is 4.79 Å². The minimum Gasteiger partial charge on any atom is -0.349 e. The molecule has 0 atom stereocenters. The van der Waals surface area contributed by atoms with E-state index in [0.717, 1.165) is 22.9 Å². The molecule has 1 amide bonds. The van der Waals surface area contributed by atoms with Crippen LogP contribution in [-0.4, -0.2) is 11.9 Å². The lowest BCUT2D eigenvalue weighted by atomic mass is 10.1. The Balaban J connectivity index is 2.80. The summed E-state index contributed by atoms with van der Waals surface area (Å²) in [7, 11) is 0. The standard InChI is InChI=1S/C13H18BrNO/c1-4-10(5-2)15-13(16)11-7-6-9(3)8-12(11)14/h6-8,10H,4-5H2,1-3H3,(H,15,16). The van der Waals surface area contributed by atoms with Crippen molar-refractivity contribution >= 4 is 21.8 Å². The Labute approximate surface area is 106 Å². The van der Waals surface area contributed by atoms with Crippen LogP contribution in [0.3, 0.4) is 0 Å². The second-order valence-electron chi connectivity index (χ2n) is 3.97. The van der Waals surface area contributed by atoms with Crippen molar-refractivity contribution < 1.29 is 4.79 Å². The van der Waals surface area contributed by atoms with Gasteiger partial charge >= 0.3 is 0 Å². The van der Waals surface area contributed by atoms with Gasteiger partial charge in [0.25, 0.3) is 5.91 Å². The molecular weight excluding hydrogens is 266 g/mol. The van der Waals surface area contributed by atoms with Crippen LogP contribution in [0.25, 0.3) is 0 Å². The summed E-state index contributed by atoms with van der Waals surface area (Å²) in [5.74, 6) is 0.000532. The number of benzene rings is 1. The highest BCUT2D eigenvalue weighted by Crippen LogP contribution is 2.18. The Hall–Kier alpha value is -0.830. The van der Waals surface area contributed by atoms with E-state index in [4.69, 9.17) is 0 Å². The minimum atomic E-state index is 0.000532. The summed E-state index contributed by atoms with van der Waals surface area (Å²) in [4.78, 5) is 12.0. The van der Waals surface area contributed by atoms with Crippen LogP contribution in [0.5, 0.6) is 0 Å². The third kappa shape index (κ3) is 3.34. The molecule has 0 bridgehead atoms. The summed E-state index contributed by atoms with van der Waals surface area (Å²) >= 11 is 3.42. The van der Waals surface area contributed by atoms with E-state index < -0.39 is 0 Å². The Morgan fingerprint density at radius 3 is 2.50 bits per heavy atom. The average Bonchev–Trinajstić information content (AvgIpc) is 2.25. The monoisotopic (exact) mass is 283 g/mol. The molecule has 1 N–H and O–H groups in total. The van der Waals surface area contributed by atoms with E-state index >= 15 is 0 Å². The molecule has 0 aliphatic carbocycles. The quantitative estimate of drug-likeness (QED) is 0.898. The molecule has 0 aromatic heterocycles. The van der Waals surface area contributed by atoms with Crippen LogP contribution in [-0.2, 0) is 0 Å². The topological polar surface area (TPSA) is 29.1 Å². The first kappa shape index (κ1) is 13.2. The number of carbonyl (C=O) groups is 1. The summed E-state index contributed by atoms with van der Waals surface area (Å²) < 4.78 is 0.857. The van der Waals surface area contributed by atoms with Gasteiger partial charge in [-0.15, -0.1) is 0 Å². The zero-order valence-electron chi connectivity index (χ0n) is 10.0. The molecule has 0 spiro atoms. The molecule has 0 radical (unpaired) electrons. The normalized spacial score (nSPS) is 10.6. The number of rotatable bonds is 4. The number of nitrogens with one attached hydrogen (secondary N) is 1. The van der Waals surface area contributed by atoms with Crippen molar-refractivity contribution in [2.45, 2.75) is 39.7 Å². The van der Waals surface area contributed by atoms with Crippen LogP contribution >= 0.6 is 15.9 Å². The molecule has 0 saturated carbocycles. The van der Waals surface area contributed by atoms with Crippen molar-refractivity contribution in [3.63, 3.8) is 0 Å². The van der Waals surface area contributed by atoms with Crippen molar-refractivity contribution in [3.05, 3.63) is 33.8 Å². The fourth-order valence-corrected chi connectivity index (χ4v) is 2.23. The maximum Gasteiger partial charge on any atom is 0.252 e. The Bertz CT molecular complexity index is 372. The van der Waals surface area contributed by atoms with Crippen LogP contribution in [0.15, 0.2) is 22.7 Å². The maximum atomic E-state index is 12.0. The minimum absolute atomic E-state index is 0.000532. The fraction of sp³-hybridized carbons (Fsp3) is 0.462. The van der Waals surface area contributed by atoms with Gasteiger partial charge in [-0.3, -0.25) is 4.79 Å². The van der Waals surface area contributed by atoms with Crippen molar-refractivity contribution in [3.8, 4) is 0 Å². The number of halogens is 1. The average molecular weight is 284 g/mol. The van der Waals surface area contributed by atoms with Gasteiger partial charge in [-0.25, -0.2) is 0 Å². The molecule has 3 heteroatoms. The van der Waals surface area contributed by atoms with E-state index in [0.29, 0.717) is 5.56 Å². The summed E-state index contributed by atoms with van der Waals surface area (Å²) in [6.45, 7) is 6.17. The van der Waals surface area contributed by atoms with Gasteiger partial charge in [-0.1, -0.05) is 19.9 Å². The number of hydrogen-bond acceptors (Lipinski definition) is 1. The van der Waals surface area contributed by atoms with Crippen molar-refractivity contribution in [1.82, 2.24) is 5.32 Å². The van der Waals surface area contributed by atoms with Gasteiger partial charge < -0.3 is 5.32 Å². The largest absolute Gasteiger partial charge is 0.349 e. The maximum absolute atomic E-state index is 12.0. The summed E-state index contributed by atoms with van der Waals surface area (Å²) in [6, 6.07) is 6.03. The predicted octanol–water partition coefficient (Wildman–Crippen LogP) is 3.68. The van der Waals surface area contributed by atoms with Gasteiger partial charge in [0.15, 0.2) is 0 Å². The smallest absolute Gasteiger partial charge is 0.252 e. The van der Waals surface area contributed by atoms with Gasteiger partial charge in [-0.05, 0) is 53.4 Å². The molecule has 0 fully saturated rings. The third-order valence-corrected chi connectivity index (χ3v) is 3.35. The molecule has 88 valence electrons. The number of aryl methyl sites for hydroxylation is 1. The molecule has 0 unspecified atom stereocenters. The molecule has 2 nitrogen and oxygen atoms in total. The molecular formula is C13H18BrNO. The Morgan fingerprint density at radius 2 is 2.00 bits per heavy atom. The fourth-order valence-electron chi connectivity index (χ4n) is 1.56. The van der Waals surface area contributed by atoms with E-state index in [2.05, 4.69) is 35.1 Å². The van der Waals surface area contributed by atoms with Crippen molar-refractivity contribution in [2.24, 2.45) is 0 Å². The van der Waals surface area contributed by atoms with Crippen LogP contribution in [0.1, 0.15) is 42.6 Å². The van der Waals surface area contributed by atoms with Crippen molar-refractivity contribution in [1.29, 1.82) is 0 Å². The van der Waals surface area contributed by atoms with Crippen molar-refractivity contribution in [2.75, 3.05) is 0 Å². The third-order valence-electron chi connectivity index (χ3n) is 2.69. The van der Waals surface area contributed by atoms with Gasteiger partial charge in [-0.2, -0.15) is 0 Å². The molecule has 0 aliphatic rings. The highest BCUT2D eigenvalue weighted by Gasteiger charge is 2.13. The van der Waals surface area contributed by atoms with E-state index in [1.165, 1.54) is 0 Å². The lowest BCUT2D eigenvalue weighted by molar-refractivity contribution is 0.0934.